The lowest BCUT2D eigenvalue weighted by Crippen LogP contribution is -2.28. The van der Waals surface area contributed by atoms with Gasteiger partial charge in [-0.25, -0.2) is 4.39 Å². The molecule has 1 saturated heterocycles. The molecule has 2 rings (SSSR count). The fraction of sp³-hybridized carbons (Fsp3) is 0.333. The van der Waals surface area contributed by atoms with Gasteiger partial charge in [-0.05, 0) is 19.1 Å². The molecule has 0 radical (unpaired) electrons. The highest BCUT2D eigenvalue weighted by molar-refractivity contribution is 8.14. The summed E-state index contributed by atoms with van der Waals surface area (Å²) in [5.74, 6) is 0.531. The molecule has 0 spiro atoms. The third-order valence-electron chi connectivity index (χ3n) is 2.83. The maximum Gasteiger partial charge on any atom is 0.208 e. The smallest absolute Gasteiger partial charge is 0.208 e. The fourth-order valence-corrected chi connectivity index (χ4v) is 3.07. The zero-order valence-electron chi connectivity index (χ0n) is 9.73. The van der Waals surface area contributed by atoms with Crippen LogP contribution in [0.5, 0.6) is 0 Å². The van der Waals surface area contributed by atoms with Gasteiger partial charge in [0.25, 0.3) is 0 Å². The molecule has 0 aliphatic carbocycles. The van der Waals surface area contributed by atoms with Crippen LogP contribution in [0, 0.1) is 17.3 Å². The number of hydrogen-bond donors (Lipinski definition) is 0. The van der Waals surface area contributed by atoms with E-state index in [0.717, 1.165) is 12.3 Å². The van der Waals surface area contributed by atoms with E-state index in [9.17, 15) is 4.39 Å². The number of amidine groups is 1. The molecule has 1 aromatic rings. The summed E-state index contributed by atoms with van der Waals surface area (Å²) >= 11 is 7.25. The summed E-state index contributed by atoms with van der Waals surface area (Å²) in [6.07, 6.45) is 1.78. The van der Waals surface area contributed by atoms with Gasteiger partial charge in [0.2, 0.25) is 6.19 Å². The molecule has 1 aromatic carbocycles. The Morgan fingerprint density at radius 1 is 1.61 bits per heavy atom. The van der Waals surface area contributed by atoms with E-state index in [1.165, 1.54) is 17.8 Å². The Morgan fingerprint density at radius 2 is 2.39 bits per heavy atom. The quantitative estimate of drug-likeness (QED) is 0.781. The Bertz CT molecular complexity index is 527. The van der Waals surface area contributed by atoms with Gasteiger partial charge in [-0.15, -0.1) is 4.99 Å². The van der Waals surface area contributed by atoms with Crippen molar-refractivity contribution < 1.29 is 4.39 Å². The van der Waals surface area contributed by atoms with Crippen LogP contribution >= 0.6 is 23.4 Å². The summed E-state index contributed by atoms with van der Waals surface area (Å²) in [5.41, 5.74) is 0.563. The Kier molecular flexibility index (Phi) is 4.10. The van der Waals surface area contributed by atoms with Gasteiger partial charge in [0, 0.05) is 22.9 Å². The maximum absolute atomic E-state index is 13.8. The van der Waals surface area contributed by atoms with Crippen LogP contribution in [-0.4, -0.2) is 22.4 Å². The molecule has 1 heterocycles. The number of thioether (sulfide) groups is 1. The summed E-state index contributed by atoms with van der Waals surface area (Å²) in [4.78, 5) is 5.69. The van der Waals surface area contributed by atoms with E-state index >= 15 is 0 Å². The number of nitriles is 1. The SMILES string of the molecule is CC(c1ccc(Cl)cc1F)N1CCSC1=NC#N. The highest BCUT2D eigenvalue weighted by atomic mass is 35.5. The van der Waals surface area contributed by atoms with E-state index in [2.05, 4.69) is 4.99 Å². The minimum Gasteiger partial charge on any atom is -0.343 e. The number of hydrogen-bond acceptors (Lipinski definition) is 3. The predicted molar refractivity (Wildman–Crippen MR) is 72.0 cm³/mol. The van der Waals surface area contributed by atoms with Crippen LogP contribution in [-0.2, 0) is 0 Å². The van der Waals surface area contributed by atoms with E-state index in [4.69, 9.17) is 16.9 Å². The summed E-state index contributed by atoms with van der Waals surface area (Å²) in [5, 5.41) is 9.65. The summed E-state index contributed by atoms with van der Waals surface area (Å²) in [7, 11) is 0. The number of halogens is 2. The number of nitrogens with zero attached hydrogens (tertiary/aromatic N) is 3. The van der Waals surface area contributed by atoms with Crippen molar-refractivity contribution in [3.8, 4) is 6.19 Å². The topological polar surface area (TPSA) is 39.4 Å². The van der Waals surface area contributed by atoms with Crippen LogP contribution in [0.4, 0.5) is 4.39 Å². The van der Waals surface area contributed by atoms with E-state index in [0.29, 0.717) is 15.8 Å². The van der Waals surface area contributed by atoms with Crippen molar-refractivity contribution in [2.75, 3.05) is 12.3 Å². The van der Waals surface area contributed by atoms with Crippen LogP contribution in [0.15, 0.2) is 23.2 Å². The Hall–Kier alpha value is -1.25. The van der Waals surface area contributed by atoms with Crippen LogP contribution in [0.25, 0.3) is 0 Å². The largest absolute Gasteiger partial charge is 0.343 e. The predicted octanol–water partition coefficient (Wildman–Crippen LogP) is 3.43. The van der Waals surface area contributed by atoms with Crippen molar-refractivity contribution in [2.45, 2.75) is 13.0 Å². The molecule has 1 atom stereocenters. The van der Waals surface area contributed by atoms with Crippen molar-refractivity contribution in [3.05, 3.63) is 34.6 Å². The molecule has 94 valence electrons. The number of benzene rings is 1. The van der Waals surface area contributed by atoms with Crippen LogP contribution in [0.3, 0.4) is 0 Å². The third-order valence-corrected chi connectivity index (χ3v) is 4.04. The molecule has 0 amide bonds. The lowest BCUT2D eigenvalue weighted by Gasteiger charge is -2.26. The fourth-order valence-electron chi connectivity index (χ4n) is 1.92. The first-order valence-electron chi connectivity index (χ1n) is 5.44. The lowest BCUT2D eigenvalue weighted by molar-refractivity contribution is 0.359. The first-order chi connectivity index (χ1) is 8.63. The molecule has 1 unspecified atom stereocenters. The summed E-state index contributed by atoms with van der Waals surface area (Å²) in [6, 6.07) is 4.48. The minimum atomic E-state index is -0.330. The van der Waals surface area contributed by atoms with Gasteiger partial charge in [-0.1, -0.05) is 29.4 Å². The highest BCUT2D eigenvalue weighted by Gasteiger charge is 2.27. The lowest BCUT2D eigenvalue weighted by atomic mass is 10.1. The second-order valence-corrected chi connectivity index (χ2v) is 5.38. The van der Waals surface area contributed by atoms with Gasteiger partial charge < -0.3 is 4.90 Å². The molecule has 1 aliphatic heterocycles. The van der Waals surface area contributed by atoms with Gasteiger partial charge in [0.15, 0.2) is 5.17 Å². The standard InChI is InChI=1S/C12H11ClFN3S/c1-8(10-3-2-9(13)6-11(10)14)17-4-5-18-12(17)16-7-15/h2-3,6,8H,4-5H2,1H3. The molecular weight excluding hydrogens is 273 g/mol. The molecule has 0 bridgehead atoms. The van der Waals surface area contributed by atoms with Crippen molar-refractivity contribution >= 4 is 28.5 Å². The maximum atomic E-state index is 13.8. The number of rotatable bonds is 2. The van der Waals surface area contributed by atoms with Gasteiger partial charge in [-0.2, -0.15) is 5.26 Å². The molecule has 0 N–H and O–H groups in total. The van der Waals surface area contributed by atoms with E-state index in [1.807, 2.05) is 11.8 Å². The van der Waals surface area contributed by atoms with Crippen LogP contribution in [0.2, 0.25) is 5.02 Å². The second kappa shape index (κ2) is 5.59. The molecule has 18 heavy (non-hydrogen) atoms. The van der Waals surface area contributed by atoms with Crippen LogP contribution in [0.1, 0.15) is 18.5 Å². The average molecular weight is 284 g/mol. The van der Waals surface area contributed by atoms with E-state index in [1.54, 1.807) is 18.3 Å². The Balaban J connectivity index is 2.28. The summed E-state index contributed by atoms with van der Waals surface area (Å²) in [6.45, 7) is 2.65. The zero-order valence-corrected chi connectivity index (χ0v) is 11.3. The summed E-state index contributed by atoms with van der Waals surface area (Å²) < 4.78 is 13.8. The molecule has 1 fully saturated rings. The first-order valence-corrected chi connectivity index (χ1v) is 6.81. The van der Waals surface area contributed by atoms with Gasteiger partial charge in [0.1, 0.15) is 5.82 Å². The highest BCUT2D eigenvalue weighted by Crippen LogP contribution is 2.31. The van der Waals surface area contributed by atoms with Crippen molar-refractivity contribution in [1.29, 1.82) is 5.26 Å². The molecule has 0 saturated carbocycles. The van der Waals surface area contributed by atoms with Crippen LogP contribution < -0.4 is 0 Å². The van der Waals surface area contributed by atoms with E-state index < -0.39 is 0 Å². The van der Waals surface area contributed by atoms with Crippen molar-refractivity contribution in [1.82, 2.24) is 4.90 Å². The third kappa shape index (κ3) is 2.60. The second-order valence-electron chi connectivity index (χ2n) is 3.88. The van der Waals surface area contributed by atoms with Gasteiger partial charge in [-0.3, -0.25) is 0 Å². The first kappa shape index (κ1) is 13.2. The molecule has 3 nitrogen and oxygen atoms in total. The molecule has 6 heteroatoms. The minimum absolute atomic E-state index is 0.163. The van der Waals surface area contributed by atoms with Crippen molar-refractivity contribution in [2.24, 2.45) is 4.99 Å². The monoisotopic (exact) mass is 283 g/mol. The Labute approximate surface area is 114 Å². The molecule has 1 aliphatic rings. The zero-order chi connectivity index (χ0) is 13.1. The van der Waals surface area contributed by atoms with Crippen molar-refractivity contribution in [3.63, 3.8) is 0 Å². The van der Waals surface area contributed by atoms with Gasteiger partial charge in [0.05, 0.1) is 6.04 Å². The van der Waals surface area contributed by atoms with E-state index in [-0.39, 0.29) is 11.9 Å². The normalized spacial score (nSPS) is 19.0. The molecular formula is C12H11ClFN3S. The number of aliphatic imine (C=N–C) groups is 1. The average Bonchev–Trinajstić information content (AvgIpc) is 2.77. The van der Waals surface area contributed by atoms with Gasteiger partial charge >= 0.3 is 0 Å². The Morgan fingerprint density at radius 3 is 3.06 bits per heavy atom. The molecule has 0 aromatic heterocycles.